The lowest BCUT2D eigenvalue weighted by molar-refractivity contribution is -0.118. The molecule has 0 fully saturated rings. The van der Waals surface area contributed by atoms with Gasteiger partial charge >= 0.3 is 0 Å². The second-order valence-electron chi connectivity index (χ2n) is 8.45. The van der Waals surface area contributed by atoms with E-state index in [4.69, 9.17) is 18.9 Å². The first-order valence-electron chi connectivity index (χ1n) is 11.6. The molecule has 182 valence electrons. The monoisotopic (exact) mass is 492 g/mol. The molecule has 1 unspecified atom stereocenters. The molecular formula is C27H28N2O5S. The van der Waals surface area contributed by atoms with Gasteiger partial charge in [0.2, 0.25) is 12.7 Å². The average Bonchev–Trinajstić information content (AvgIpc) is 3.35. The Kier molecular flexibility index (Phi) is 7.01. The highest BCUT2D eigenvalue weighted by Crippen LogP contribution is 2.46. The van der Waals surface area contributed by atoms with Crippen molar-refractivity contribution in [2.45, 2.75) is 10.1 Å². The van der Waals surface area contributed by atoms with E-state index >= 15 is 0 Å². The normalized spacial score (nSPS) is 16.4. The highest BCUT2D eigenvalue weighted by Gasteiger charge is 2.32. The van der Waals surface area contributed by atoms with Crippen molar-refractivity contribution in [3.8, 4) is 23.0 Å². The number of para-hydroxylation sites is 1. The Morgan fingerprint density at radius 3 is 2.43 bits per heavy atom. The van der Waals surface area contributed by atoms with Crippen LogP contribution in [0.1, 0.15) is 10.8 Å². The zero-order valence-electron chi connectivity index (χ0n) is 19.8. The van der Waals surface area contributed by atoms with Crippen molar-refractivity contribution < 1.29 is 23.7 Å². The smallest absolute Gasteiger partial charge is 0.244 e. The molecule has 2 heterocycles. The van der Waals surface area contributed by atoms with Gasteiger partial charge in [-0.15, -0.1) is 11.8 Å². The lowest BCUT2D eigenvalue weighted by Gasteiger charge is -2.31. The molecule has 3 aromatic carbocycles. The molecule has 0 aromatic heterocycles. The number of carbonyl (C=O) groups is 1. The van der Waals surface area contributed by atoms with Crippen LogP contribution < -0.4 is 23.8 Å². The summed E-state index contributed by atoms with van der Waals surface area (Å²) in [6.07, 6.45) is 0. The molecule has 0 bridgehead atoms. The van der Waals surface area contributed by atoms with E-state index in [1.807, 2.05) is 74.8 Å². The summed E-state index contributed by atoms with van der Waals surface area (Å²) in [6, 6.07) is 21.4. The maximum absolute atomic E-state index is 12.9. The summed E-state index contributed by atoms with van der Waals surface area (Å²) in [4.78, 5) is 17.9. The summed E-state index contributed by atoms with van der Waals surface area (Å²) in [6.45, 7) is 2.92. The number of hydrogen-bond donors (Lipinski definition) is 0. The van der Waals surface area contributed by atoms with Crippen molar-refractivity contribution in [1.82, 2.24) is 4.90 Å². The van der Waals surface area contributed by atoms with E-state index in [-0.39, 0.29) is 18.0 Å². The van der Waals surface area contributed by atoms with Crippen molar-refractivity contribution in [3.05, 3.63) is 72.3 Å². The summed E-state index contributed by atoms with van der Waals surface area (Å²) >= 11 is 1.60. The van der Waals surface area contributed by atoms with Crippen LogP contribution in [0.2, 0.25) is 0 Å². The van der Waals surface area contributed by atoms with E-state index in [9.17, 15) is 4.79 Å². The third kappa shape index (κ3) is 5.33. The number of thioether (sulfide) groups is 1. The molecule has 0 spiro atoms. The third-order valence-electron chi connectivity index (χ3n) is 6.04. The Labute approximate surface area is 209 Å². The zero-order chi connectivity index (χ0) is 24.2. The van der Waals surface area contributed by atoms with Crippen LogP contribution in [-0.4, -0.2) is 58.0 Å². The van der Waals surface area contributed by atoms with Crippen LogP contribution in [0.3, 0.4) is 0 Å². The number of hydrogen-bond acceptors (Lipinski definition) is 7. The van der Waals surface area contributed by atoms with Gasteiger partial charge in [-0.1, -0.05) is 24.3 Å². The molecule has 5 rings (SSSR count). The number of likely N-dealkylation sites (N-methyl/N-ethyl adjacent to an activating group) is 2. The highest BCUT2D eigenvalue weighted by atomic mass is 32.2. The largest absolute Gasteiger partial charge is 0.492 e. The lowest BCUT2D eigenvalue weighted by Crippen LogP contribution is -2.33. The van der Waals surface area contributed by atoms with Gasteiger partial charge in [0, 0.05) is 31.1 Å². The maximum atomic E-state index is 12.9. The van der Waals surface area contributed by atoms with Crippen molar-refractivity contribution in [2.75, 3.05) is 52.1 Å². The Morgan fingerprint density at radius 2 is 1.63 bits per heavy atom. The fourth-order valence-corrected chi connectivity index (χ4v) is 5.26. The molecule has 0 aliphatic carbocycles. The van der Waals surface area contributed by atoms with Crippen LogP contribution in [0.5, 0.6) is 23.0 Å². The number of amides is 1. The molecule has 2 aliphatic rings. The van der Waals surface area contributed by atoms with Crippen LogP contribution >= 0.6 is 11.8 Å². The fraction of sp³-hybridized carbons (Fsp3) is 0.296. The van der Waals surface area contributed by atoms with E-state index in [2.05, 4.69) is 11.0 Å². The van der Waals surface area contributed by atoms with Gasteiger partial charge in [0.05, 0.1) is 5.69 Å². The number of fused-ring (bicyclic) bond motifs is 2. The Balaban J connectivity index is 1.06. The number of anilines is 1. The molecule has 3 aromatic rings. The number of benzene rings is 3. The molecular weight excluding hydrogens is 464 g/mol. The Hall–Kier alpha value is -3.36. The molecule has 2 aliphatic heterocycles. The van der Waals surface area contributed by atoms with Crippen molar-refractivity contribution in [2.24, 2.45) is 0 Å². The van der Waals surface area contributed by atoms with Gasteiger partial charge in [-0.3, -0.25) is 9.69 Å². The quantitative estimate of drug-likeness (QED) is 0.432. The van der Waals surface area contributed by atoms with E-state index < -0.39 is 0 Å². The minimum absolute atomic E-state index is 0.0898. The molecule has 1 atom stereocenters. The molecule has 0 saturated heterocycles. The minimum Gasteiger partial charge on any atom is -0.492 e. The maximum Gasteiger partial charge on any atom is 0.244 e. The van der Waals surface area contributed by atoms with Gasteiger partial charge in [-0.2, -0.15) is 0 Å². The number of rotatable bonds is 9. The summed E-state index contributed by atoms with van der Waals surface area (Å²) in [5, 5.41) is -0.250. The van der Waals surface area contributed by atoms with E-state index in [1.165, 1.54) is 0 Å². The fourth-order valence-electron chi connectivity index (χ4n) is 3.97. The predicted molar refractivity (Wildman–Crippen MR) is 136 cm³/mol. The van der Waals surface area contributed by atoms with Crippen LogP contribution in [-0.2, 0) is 4.79 Å². The van der Waals surface area contributed by atoms with Gasteiger partial charge < -0.3 is 23.8 Å². The molecule has 7 nitrogen and oxygen atoms in total. The summed E-state index contributed by atoms with van der Waals surface area (Å²) in [5.74, 6) is 3.12. The first-order chi connectivity index (χ1) is 17.1. The molecule has 0 N–H and O–H groups in total. The number of carbonyl (C=O) groups excluding carboxylic acids is 1. The van der Waals surface area contributed by atoms with E-state index in [1.54, 1.807) is 16.7 Å². The van der Waals surface area contributed by atoms with Gasteiger partial charge in [-0.05, 0) is 49.0 Å². The zero-order valence-corrected chi connectivity index (χ0v) is 20.6. The SMILES string of the molecule is CN(CCOc1ccc(C2Sc3ccccc3N(C)C2=O)cc1)CCOc1ccc2c(c1)OCO2. The minimum atomic E-state index is -0.250. The third-order valence-corrected chi connectivity index (χ3v) is 7.35. The average molecular weight is 493 g/mol. The lowest BCUT2D eigenvalue weighted by atomic mass is 10.1. The second-order valence-corrected chi connectivity index (χ2v) is 9.59. The summed E-state index contributed by atoms with van der Waals surface area (Å²) in [7, 11) is 3.87. The van der Waals surface area contributed by atoms with Crippen molar-refractivity contribution >= 4 is 23.4 Å². The van der Waals surface area contributed by atoms with Crippen LogP contribution in [0.4, 0.5) is 5.69 Å². The summed E-state index contributed by atoms with van der Waals surface area (Å²) < 4.78 is 22.4. The van der Waals surface area contributed by atoms with Crippen LogP contribution in [0, 0.1) is 0 Å². The highest BCUT2D eigenvalue weighted by molar-refractivity contribution is 8.00. The first kappa shape index (κ1) is 23.4. The number of ether oxygens (including phenoxy) is 4. The molecule has 35 heavy (non-hydrogen) atoms. The standard InChI is InChI=1S/C27H28N2O5S/c1-28(14-16-32-21-11-12-23-24(17-21)34-18-33-23)13-15-31-20-9-7-19(8-10-20)26-27(30)29(2)22-5-3-4-6-25(22)35-26/h3-12,17,26H,13-16,18H2,1-2H3. The first-order valence-corrected chi connectivity index (χ1v) is 12.4. The Morgan fingerprint density at radius 1 is 0.943 bits per heavy atom. The topological polar surface area (TPSA) is 60.5 Å². The number of nitrogens with zero attached hydrogens (tertiary/aromatic N) is 2. The predicted octanol–water partition coefficient (Wildman–Crippen LogP) is 4.61. The molecule has 0 saturated carbocycles. The van der Waals surface area contributed by atoms with Crippen molar-refractivity contribution in [3.63, 3.8) is 0 Å². The van der Waals surface area contributed by atoms with Crippen LogP contribution in [0.25, 0.3) is 0 Å². The van der Waals surface area contributed by atoms with Gasteiger partial charge in [-0.25, -0.2) is 0 Å². The van der Waals surface area contributed by atoms with E-state index in [0.717, 1.165) is 52.2 Å². The van der Waals surface area contributed by atoms with E-state index in [0.29, 0.717) is 13.2 Å². The molecule has 1 amide bonds. The Bertz CT molecular complexity index is 1190. The van der Waals surface area contributed by atoms with Gasteiger partial charge in [0.25, 0.3) is 0 Å². The summed E-state index contributed by atoms with van der Waals surface area (Å²) in [5.41, 5.74) is 1.94. The molecule has 0 radical (unpaired) electrons. The van der Waals surface area contributed by atoms with Crippen LogP contribution in [0.15, 0.2) is 71.6 Å². The molecule has 8 heteroatoms. The van der Waals surface area contributed by atoms with Crippen molar-refractivity contribution in [1.29, 1.82) is 0 Å². The second kappa shape index (κ2) is 10.5. The van der Waals surface area contributed by atoms with Gasteiger partial charge in [0.15, 0.2) is 11.5 Å². The van der Waals surface area contributed by atoms with Gasteiger partial charge in [0.1, 0.15) is 30.0 Å².